The first-order chi connectivity index (χ1) is 11.1. The Balaban J connectivity index is 1.88. The molecule has 23 heavy (non-hydrogen) atoms. The third-order valence-electron chi connectivity index (χ3n) is 3.27. The lowest BCUT2D eigenvalue weighted by Gasteiger charge is -2.17. The van der Waals surface area contributed by atoms with Crippen LogP contribution in [-0.2, 0) is 9.53 Å². The highest BCUT2D eigenvalue weighted by atomic mass is 79.9. The fourth-order valence-corrected chi connectivity index (χ4v) is 2.32. The van der Waals surface area contributed by atoms with Crippen molar-refractivity contribution in [1.82, 2.24) is 10.3 Å². The molecule has 0 saturated heterocycles. The number of carbonyl (C=O) groups is 2. The standard InChI is InChI=1S/C17H17BrN2O3/c1-2-15(12-3-5-14(18)6-4-12)20-16(21)11-23-17(22)13-7-9-19-10-8-13/h3-10,15H,2,11H2,1H3,(H,20,21)/t15-/m0/s1. The van der Waals surface area contributed by atoms with Crippen LogP contribution in [0.2, 0.25) is 0 Å². The minimum absolute atomic E-state index is 0.116. The van der Waals surface area contributed by atoms with Crippen molar-refractivity contribution >= 4 is 27.8 Å². The molecule has 120 valence electrons. The monoisotopic (exact) mass is 376 g/mol. The number of rotatable bonds is 6. The van der Waals surface area contributed by atoms with E-state index in [1.54, 1.807) is 0 Å². The zero-order valence-electron chi connectivity index (χ0n) is 12.7. The largest absolute Gasteiger partial charge is 0.452 e. The van der Waals surface area contributed by atoms with E-state index in [0.29, 0.717) is 5.56 Å². The van der Waals surface area contributed by atoms with E-state index in [9.17, 15) is 9.59 Å². The Labute approximate surface area is 143 Å². The van der Waals surface area contributed by atoms with Crippen LogP contribution in [0, 0.1) is 0 Å². The molecule has 1 N–H and O–H groups in total. The number of pyridine rings is 1. The predicted molar refractivity (Wildman–Crippen MR) is 89.8 cm³/mol. The summed E-state index contributed by atoms with van der Waals surface area (Å²) in [5, 5.41) is 2.87. The van der Waals surface area contributed by atoms with E-state index in [2.05, 4.69) is 26.2 Å². The lowest BCUT2D eigenvalue weighted by Crippen LogP contribution is -2.32. The summed E-state index contributed by atoms with van der Waals surface area (Å²) >= 11 is 3.38. The van der Waals surface area contributed by atoms with Gasteiger partial charge in [-0.2, -0.15) is 0 Å². The number of hydrogen-bond donors (Lipinski definition) is 1. The number of nitrogens with zero attached hydrogens (tertiary/aromatic N) is 1. The number of halogens is 1. The van der Waals surface area contributed by atoms with E-state index >= 15 is 0 Å². The average Bonchev–Trinajstić information content (AvgIpc) is 2.59. The van der Waals surface area contributed by atoms with E-state index in [-0.39, 0.29) is 18.6 Å². The Morgan fingerprint density at radius 2 is 1.83 bits per heavy atom. The van der Waals surface area contributed by atoms with Crippen molar-refractivity contribution < 1.29 is 14.3 Å². The molecule has 1 aromatic heterocycles. The van der Waals surface area contributed by atoms with Crippen LogP contribution in [0.1, 0.15) is 35.3 Å². The number of aromatic nitrogens is 1. The van der Waals surface area contributed by atoms with Gasteiger partial charge in [0.15, 0.2) is 6.61 Å². The molecule has 2 rings (SSSR count). The average molecular weight is 377 g/mol. The van der Waals surface area contributed by atoms with Crippen LogP contribution >= 0.6 is 15.9 Å². The molecule has 1 aromatic carbocycles. The SMILES string of the molecule is CC[C@H](NC(=O)COC(=O)c1ccncc1)c1ccc(Br)cc1. The molecule has 0 fully saturated rings. The third-order valence-corrected chi connectivity index (χ3v) is 3.79. The van der Waals surface area contributed by atoms with Gasteiger partial charge in [0.2, 0.25) is 0 Å². The quantitative estimate of drug-likeness (QED) is 0.785. The van der Waals surface area contributed by atoms with Crippen LogP contribution in [0.4, 0.5) is 0 Å². The number of benzene rings is 1. The number of ether oxygens (including phenoxy) is 1. The van der Waals surface area contributed by atoms with Gasteiger partial charge in [-0.3, -0.25) is 9.78 Å². The zero-order valence-corrected chi connectivity index (χ0v) is 14.2. The number of nitrogens with one attached hydrogen (secondary N) is 1. The van der Waals surface area contributed by atoms with Crippen molar-refractivity contribution in [2.45, 2.75) is 19.4 Å². The number of esters is 1. The van der Waals surface area contributed by atoms with Crippen LogP contribution in [0.15, 0.2) is 53.3 Å². The molecule has 2 aromatic rings. The van der Waals surface area contributed by atoms with Crippen LogP contribution in [0.3, 0.4) is 0 Å². The van der Waals surface area contributed by atoms with Crippen molar-refractivity contribution in [1.29, 1.82) is 0 Å². The van der Waals surface area contributed by atoms with Gasteiger partial charge >= 0.3 is 5.97 Å². The molecule has 1 amide bonds. The van der Waals surface area contributed by atoms with Crippen LogP contribution in [0.25, 0.3) is 0 Å². The third kappa shape index (κ3) is 5.17. The summed E-state index contributed by atoms with van der Waals surface area (Å²) in [7, 11) is 0. The first-order valence-electron chi connectivity index (χ1n) is 7.22. The molecule has 0 saturated carbocycles. The Hall–Kier alpha value is -2.21. The molecule has 0 aliphatic rings. The molecular formula is C17H17BrN2O3. The molecule has 1 atom stereocenters. The van der Waals surface area contributed by atoms with Gasteiger partial charge in [0.25, 0.3) is 5.91 Å². The van der Waals surface area contributed by atoms with Gasteiger partial charge in [0.1, 0.15) is 0 Å². The molecule has 0 spiro atoms. The van der Waals surface area contributed by atoms with Gasteiger partial charge < -0.3 is 10.1 Å². The van der Waals surface area contributed by atoms with E-state index in [4.69, 9.17) is 4.74 Å². The highest BCUT2D eigenvalue weighted by Crippen LogP contribution is 2.19. The first-order valence-corrected chi connectivity index (χ1v) is 8.01. The van der Waals surface area contributed by atoms with E-state index < -0.39 is 5.97 Å². The summed E-state index contributed by atoms with van der Waals surface area (Å²) in [5.74, 6) is -0.874. The highest BCUT2D eigenvalue weighted by Gasteiger charge is 2.15. The molecule has 5 nitrogen and oxygen atoms in total. The van der Waals surface area contributed by atoms with Gasteiger partial charge in [-0.1, -0.05) is 35.0 Å². The molecule has 0 radical (unpaired) electrons. The van der Waals surface area contributed by atoms with Gasteiger partial charge in [0.05, 0.1) is 11.6 Å². The maximum absolute atomic E-state index is 12.0. The van der Waals surface area contributed by atoms with Crippen molar-refractivity contribution in [3.8, 4) is 0 Å². The normalized spacial score (nSPS) is 11.6. The summed E-state index contributed by atoms with van der Waals surface area (Å²) < 4.78 is 5.98. The minimum Gasteiger partial charge on any atom is -0.452 e. The number of amides is 1. The molecule has 1 heterocycles. The van der Waals surface area contributed by atoms with Gasteiger partial charge in [-0.15, -0.1) is 0 Å². The van der Waals surface area contributed by atoms with Crippen molar-refractivity contribution in [3.05, 3.63) is 64.4 Å². The Bertz CT molecular complexity index is 659. The summed E-state index contributed by atoms with van der Waals surface area (Å²) in [6, 6.07) is 10.7. The molecule has 0 aliphatic carbocycles. The lowest BCUT2D eigenvalue weighted by molar-refractivity contribution is -0.125. The summed E-state index contributed by atoms with van der Waals surface area (Å²) in [6.45, 7) is 1.67. The van der Waals surface area contributed by atoms with E-state index in [1.807, 2.05) is 31.2 Å². The minimum atomic E-state index is -0.542. The Morgan fingerprint density at radius 1 is 1.17 bits per heavy atom. The summed E-state index contributed by atoms with van der Waals surface area (Å²) in [4.78, 5) is 27.6. The fourth-order valence-electron chi connectivity index (χ4n) is 2.05. The number of hydrogen-bond acceptors (Lipinski definition) is 4. The van der Waals surface area contributed by atoms with Crippen LogP contribution in [0.5, 0.6) is 0 Å². The van der Waals surface area contributed by atoms with Crippen LogP contribution in [-0.4, -0.2) is 23.5 Å². The van der Waals surface area contributed by atoms with Crippen molar-refractivity contribution in [3.63, 3.8) is 0 Å². The second-order valence-electron chi connectivity index (χ2n) is 4.89. The van der Waals surface area contributed by atoms with Crippen molar-refractivity contribution in [2.24, 2.45) is 0 Å². The van der Waals surface area contributed by atoms with Crippen molar-refractivity contribution in [2.75, 3.05) is 6.61 Å². The maximum Gasteiger partial charge on any atom is 0.338 e. The smallest absolute Gasteiger partial charge is 0.338 e. The molecule has 0 aliphatic heterocycles. The molecule has 0 unspecified atom stereocenters. The maximum atomic E-state index is 12.0. The topological polar surface area (TPSA) is 68.3 Å². The summed E-state index contributed by atoms with van der Waals surface area (Å²) in [6.07, 6.45) is 3.74. The molecular weight excluding hydrogens is 360 g/mol. The van der Waals surface area contributed by atoms with E-state index in [0.717, 1.165) is 16.5 Å². The van der Waals surface area contributed by atoms with E-state index in [1.165, 1.54) is 24.5 Å². The predicted octanol–water partition coefficient (Wildman–Crippen LogP) is 3.27. The first kappa shape index (κ1) is 17.1. The van der Waals surface area contributed by atoms with Gasteiger partial charge in [0, 0.05) is 16.9 Å². The van der Waals surface area contributed by atoms with Gasteiger partial charge in [-0.25, -0.2) is 4.79 Å². The Kier molecular flexibility index (Phi) is 6.29. The lowest BCUT2D eigenvalue weighted by atomic mass is 10.0. The second-order valence-corrected chi connectivity index (χ2v) is 5.81. The Morgan fingerprint density at radius 3 is 2.43 bits per heavy atom. The zero-order chi connectivity index (χ0) is 16.7. The fraction of sp³-hybridized carbons (Fsp3) is 0.235. The second kappa shape index (κ2) is 8.43. The van der Waals surface area contributed by atoms with Gasteiger partial charge in [-0.05, 0) is 36.2 Å². The number of carbonyl (C=O) groups excluding carboxylic acids is 2. The molecule has 6 heteroatoms. The van der Waals surface area contributed by atoms with Crippen LogP contribution < -0.4 is 5.32 Å². The summed E-state index contributed by atoms with van der Waals surface area (Å²) in [5.41, 5.74) is 1.37. The molecule has 0 bridgehead atoms. The highest BCUT2D eigenvalue weighted by molar-refractivity contribution is 9.10.